The molecule has 0 aromatic carbocycles. The van der Waals surface area contributed by atoms with Gasteiger partial charge in [-0.25, -0.2) is 23.1 Å². The molecule has 1 fully saturated rings. The van der Waals surface area contributed by atoms with E-state index in [0.29, 0.717) is 35.7 Å². The second-order valence-corrected chi connectivity index (χ2v) is 11.3. The van der Waals surface area contributed by atoms with Crippen molar-refractivity contribution >= 4 is 29.0 Å². The maximum atomic E-state index is 15.0. The molecule has 12 heteroatoms. The molecule has 0 unspecified atom stereocenters. The van der Waals surface area contributed by atoms with Crippen molar-refractivity contribution < 1.29 is 27.8 Å². The summed E-state index contributed by atoms with van der Waals surface area (Å²) >= 11 is 1.24. The maximum Gasteiger partial charge on any atom is 0.407 e. The van der Waals surface area contributed by atoms with Gasteiger partial charge in [0.2, 0.25) is 0 Å². The van der Waals surface area contributed by atoms with Crippen LogP contribution in [0.25, 0.3) is 16.8 Å². The largest absolute Gasteiger partial charge is 0.491 e. The fraction of sp³-hybridized carbons (Fsp3) is 0.538. The Labute approximate surface area is 223 Å². The Morgan fingerprint density at radius 3 is 2.66 bits per heavy atom. The Hall–Kier alpha value is -3.28. The van der Waals surface area contributed by atoms with E-state index < -0.39 is 35.6 Å². The summed E-state index contributed by atoms with van der Waals surface area (Å²) in [7, 11) is 0. The van der Waals surface area contributed by atoms with Gasteiger partial charge in [0.15, 0.2) is 11.4 Å². The number of carbonyl (C=O) groups excluding carboxylic acids is 2. The second-order valence-electron chi connectivity index (χ2n) is 10.2. The van der Waals surface area contributed by atoms with Crippen LogP contribution in [0.1, 0.15) is 68.4 Å². The molecule has 4 rings (SSSR count). The van der Waals surface area contributed by atoms with E-state index in [4.69, 9.17) is 9.47 Å². The number of fused-ring (bicyclic) bond motifs is 1. The highest BCUT2D eigenvalue weighted by molar-refractivity contribution is 7.14. The number of hydrogen-bond donors (Lipinski definition) is 2. The fourth-order valence-electron chi connectivity index (χ4n) is 4.53. The number of halogens is 2. The molecule has 1 aliphatic rings. The Balaban J connectivity index is 1.58. The molecule has 0 radical (unpaired) electrons. The zero-order valence-electron chi connectivity index (χ0n) is 22.1. The predicted molar refractivity (Wildman–Crippen MR) is 140 cm³/mol. The lowest BCUT2D eigenvalue weighted by molar-refractivity contribution is -0.0723. The molecule has 38 heavy (non-hydrogen) atoms. The Morgan fingerprint density at radius 2 is 1.97 bits per heavy atom. The summed E-state index contributed by atoms with van der Waals surface area (Å²) in [5.41, 5.74) is 1.32. The van der Waals surface area contributed by atoms with E-state index in [9.17, 15) is 18.4 Å². The van der Waals surface area contributed by atoms with Gasteiger partial charge in [-0.05, 0) is 53.0 Å². The topological polar surface area (TPSA) is 107 Å². The van der Waals surface area contributed by atoms with Crippen LogP contribution >= 0.6 is 11.3 Å². The number of nitrogens with zero attached hydrogens (tertiary/aromatic N) is 3. The lowest BCUT2D eigenvalue weighted by Gasteiger charge is -2.38. The molecular weight excluding hydrogens is 516 g/mol. The number of ether oxygens (including phenoxy) is 2. The molecule has 0 spiro atoms. The van der Waals surface area contributed by atoms with Gasteiger partial charge in [-0.1, -0.05) is 6.92 Å². The van der Waals surface area contributed by atoms with Gasteiger partial charge in [-0.3, -0.25) is 4.79 Å². The van der Waals surface area contributed by atoms with Crippen LogP contribution in [0.15, 0.2) is 24.7 Å². The van der Waals surface area contributed by atoms with E-state index in [1.54, 1.807) is 49.9 Å². The number of rotatable bonds is 7. The summed E-state index contributed by atoms with van der Waals surface area (Å²) in [6.07, 6.45) is 4.98. The van der Waals surface area contributed by atoms with E-state index >= 15 is 0 Å². The van der Waals surface area contributed by atoms with Crippen LogP contribution in [-0.2, 0) is 11.2 Å². The van der Waals surface area contributed by atoms with Crippen molar-refractivity contribution in [1.82, 2.24) is 25.2 Å². The highest BCUT2D eigenvalue weighted by Crippen LogP contribution is 2.37. The van der Waals surface area contributed by atoms with E-state index in [1.807, 2.05) is 13.8 Å². The summed E-state index contributed by atoms with van der Waals surface area (Å²) in [6.45, 7) is 9.41. The van der Waals surface area contributed by atoms with Gasteiger partial charge < -0.3 is 20.1 Å². The van der Waals surface area contributed by atoms with Gasteiger partial charge in [0.1, 0.15) is 11.6 Å². The first-order chi connectivity index (χ1) is 17.9. The fourth-order valence-corrected chi connectivity index (χ4v) is 5.54. The average molecular weight is 550 g/mol. The molecule has 3 heterocycles. The van der Waals surface area contributed by atoms with Crippen LogP contribution in [0.2, 0.25) is 0 Å². The van der Waals surface area contributed by atoms with Crippen LogP contribution in [0, 0.1) is 0 Å². The minimum absolute atomic E-state index is 0.218. The zero-order chi connectivity index (χ0) is 27.7. The summed E-state index contributed by atoms with van der Waals surface area (Å²) < 4.78 is 42.3. The standard InChI is InChI=1S/C26H33F2N5O4S/c1-6-19-16(17-13-30-33-14-15(36-7-2)12-29-22(17)33)11-20(38-19)23(34)32-21-18(9-8-10-26(21,27)28)31-24(35)37-25(3,4)5/h11-14,18,21H,6-10H2,1-5H3,(H,31,35)(H,32,34)/t18-,21-/m1/s1. The highest BCUT2D eigenvalue weighted by atomic mass is 32.1. The quantitative estimate of drug-likeness (QED) is 0.418. The van der Waals surface area contributed by atoms with Crippen molar-refractivity contribution in [3.05, 3.63) is 34.4 Å². The second kappa shape index (κ2) is 10.8. The SMILES string of the molecule is CCOc1cnc2c(-c3cc(C(=O)N[C@@H]4[C@H](NC(=O)OC(C)(C)C)CCCC4(F)F)sc3CC)cnn2c1. The molecule has 1 saturated carbocycles. The summed E-state index contributed by atoms with van der Waals surface area (Å²) in [5.74, 6) is -3.23. The highest BCUT2D eigenvalue weighted by Gasteiger charge is 2.48. The average Bonchev–Trinajstić information content (AvgIpc) is 3.43. The molecule has 3 aromatic heterocycles. The van der Waals surface area contributed by atoms with Crippen molar-refractivity contribution in [2.75, 3.05) is 6.61 Å². The van der Waals surface area contributed by atoms with Gasteiger partial charge in [-0.2, -0.15) is 5.10 Å². The number of thiophene rings is 1. The summed E-state index contributed by atoms with van der Waals surface area (Å²) in [4.78, 5) is 31.2. The molecule has 0 aliphatic heterocycles. The first-order valence-electron chi connectivity index (χ1n) is 12.7. The van der Waals surface area contributed by atoms with E-state index in [0.717, 1.165) is 16.0 Å². The monoisotopic (exact) mass is 549 g/mol. The third-order valence-electron chi connectivity index (χ3n) is 6.16. The first-order valence-corrected chi connectivity index (χ1v) is 13.5. The minimum atomic E-state index is -3.19. The summed E-state index contributed by atoms with van der Waals surface area (Å²) in [6, 6.07) is -0.848. The molecule has 1 aliphatic carbocycles. The van der Waals surface area contributed by atoms with Crippen LogP contribution in [0.3, 0.4) is 0 Å². The van der Waals surface area contributed by atoms with E-state index in [2.05, 4.69) is 20.7 Å². The van der Waals surface area contributed by atoms with Crippen LogP contribution in [0.4, 0.5) is 13.6 Å². The Kier molecular flexibility index (Phi) is 7.91. The maximum absolute atomic E-state index is 15.0. The van der Waals surface area contributed by atoms with Crippen molar-refractivity contribution in [1.29, 1.82) is 0 Å². The number of hydrogen-bond acceptors (Lipinski definition) is 7. The Bertz CT molecular complexity index is 1320. The van der Waals surface area contributed by atoms with Crippen molar-refractivity contribution in [2.24, 2.45) is 0 Å². The number of amides is 2. The third kappa shape index (κ3) is 6.06. The van der Waals surface area contributed by atoms with Crippen LogP contribution in [-0.4, -0.2) is 56.8 Å². The van der Waals surface area contributed by atoms with E-state index in [-0.39, 0.29) is 12.8 Å². The summed E-state index contributed by atoms with van der Waals surface area (Å²) in [5, 5.41) is 9.42. The number of aromatic nitrogens is 3. The van der Waals surface area contributed by atoms with Gasteiger partial charge in [0, 0.05) is 22.4 Å². The molecule has 2 amide bonds. The number of carbonyl (C=O) groups is 2. The normalized spacial score (nSPS) is 19.2. The molecule has 3 aromatic rings. The van der Waals surface area contributed by atoms with Crippen molar-refractivity contribution in [3.8, 4) is 16.9 Å². The van der Waals surface area contributed by atoms with Crippen molar-refractivity contribution in [2.45, 2.75) is 83.9 Å². The number of alkyl halides is 2. The third-order valence-corrected chi connectivity index (χ3v) is 7.44. The molecule has 0 saturated heterocycles. The van der Waals surface area contributed by atoms with Crippen molar-refractivity contribution in [3.63, 3.8) is 0 Å². The molecule has 2 atom stereocenters. The zero-order valence-corrected chi connectivity index (χ0v) is 23.0. The van der Waals surface area contributed by atoms with Crippen LogP contribution < -0.4 is 15.4 Å². The minimum Gasteiger partial charge on any atom is -0.491 e. The lowest BCUT2D eigenvalue weighted by atomic mass is 9.86. The molecule has 2 N–H and O–H groups in total. The van der Waals surface area contributed by atoms with E-state index in [1.165, 1.54) is 11.3 Å². The van der Waals surface area contributed by atoms with Gasteiger partial charge in [0.25, 0.3) is 11.8 Å². The first kappa shape index (κ1) is 27.7. The van der Waals surface area contributed by atoms with Gasteiger partial charge in [0.05, 0.1) is 36.1 Å². The number of aryl methyl sites for hydroxylation is 1. The smallest absolute Gasteiger partial charge is 0.407 e. The molecule has 206 valence electrons. The molecular formula is C26H33F2N5O4S. The lowest BCUT2D eigenvalue weighted by Crippen LogP contribution is -2.62. The van der Waals surface area contributed by atoms with Gasteiger partial charge in [-0.15, -0.1) is 11.3 Å². The Morgan fingerprint density at radius 1 is 1.21 bits per heavy atom. The number of alkyl carbamates (subject to hydrolysis) is 1. The predicted octanol–water partition coefficient (Wildman–Crippen LogP) is 5.23. The van der Waals surface area contributed by atoms with Crippen LogP contribution in [0.5, 0.6) is 5.75 Å². The number of nitrogens with one attached hydrogen (secondary N) is 2. The molecule has 0 bridgehead atoms. The van der Waals surface area contributed by atoms with Gasteiger partial charge >= 0.3 is 6.09 Å². The molecule has 9 nitrogen and oxygen atoms in total.